The van der Waals surface area contributed by atoms with E-state index in [1.165, 1.54) is 0 Å². The van der Waals surface area contributed by atoms with Gasteiger partial charge in [-0.15, -0.1) is 0 Å². The number of nitrogens with zero attached hydrogens (tertiary/aromatic N) is 1. The molecule has 0 aromatic heterocycles. The molecule has 1 aromatic rings. The second kappa shape index (κ2) is 8.11. The van der Waals surface area contributed by atoms with Crippen LogP contribution in [0.4, 0.5) is 4.79 Å². The zero-order chi connectivity index (χ0) is 13.2. The molecule has 0 heterocycles. The lowest BCUT2D eigenvalue weighted by atomic mass is 10.2. The maximum Gasteiger partial charge on any atom is 0.415 e. The number of nitrogens with two attached hydrogens (primary N) is 1. The number of benzene rings is 1. The number of alkyl carbamates (subject to hydrolysis) is 1. The van der Waals surface area contributed by atoms with Gasteiger partial charge < -0.3 is 15.8 Å². The minimum Gasteiger partial charge on any atom is -0.376 e. The molecule has 1 rings (SSSR count). The number of nitrogens with one attached hydrogen (secondary N) is 1. The molecule has 0 aliphatic carbocycles. The molecular weight excluding hydrogens is 230 g/mol. The van der Waals surface area contributed by atoms with Crippen LogP contribution in [0.15, 0.2) is 35.3 Å². The Bertz CT molecular complexity index is 390. The topological polar surface area (TPSA) is 76.7 Å². The number of amidine groups is 1. The lowest BCUT2D eigenvalue weighted by molar-refractivity contribution is 0.196. The third-order valence-electron chi connectivity index (χ3n) is 2.26. The molecule has 98 valence electrons. The van der Waals surface area contributed by atoms with E-state index in [9.17, 15) is 4.79 Å². The van der Waals surface area contributed by atoms with E-state index in [0.717, 1.165) is 18.4 Å². The van der Waals surface area contributed by atoms with Crippen LogP contribution in [0.25, 0.3) is 0 Å². The Morgan fingerprint density at radius 2 is 2.11 bits per heavy atom. The maximum absolute atomic E-state index is 11.4. The molecule has 0 aliphatic rings. The fraction of sp³-hybridized carbons (Fsp3) is 0.385. The predicted molar refractivity (Wildman–Crippen MR) is 71.2 cm³/mol. The minimum absolute atomic E-state index is 0.0889. The Morgan fingerprint density at radius 1 is 1.39 bits per heavy atom. The van der Waals surface area contributed by atoms with E-state index in [1.54, 1.807) is 0 Å². The molecule has 0 fully saturated rings. The van der Waals surface area contributed by atoms with Crippen molar-refractivity contribution in [3.05, 3.63) is 35.9 Å². The molecule has 1 aromatic carbocycles. The lowest BCUT2D eigenvalue weighted by Gasteiger charge is -2.05. The number of ether oxygens (including phenoxy) is 1. The summed E-state index contributed by atoms with van der Waals surface area (Å²) in [6, 6.07) is 9.47. The van der Waals surface area contributed by atoms with Crippen LogP contribution in [0.5, 0.6) is 0 Å². The summed E-state index contributed by atoms with van der Waals surface area (Å²) in [6.07, 6.45) is 1.36. The van der Waals surface area contributed by atoms with Gasteiger partial charge in [-0.2, -0.15) is 0 Å². The van der Waals surface area contributed by atoms with E-state index in [0.29, 0.717) is 13.1 Å². The molecule has 1 amide bonds. The molecule has 0 radical (unpaired) electrons. The summed E-state index contributed by atoms with van der Waals surface area (Å²) in [7, 11) is 0. The number of hydrogen-bond donors (Lipinski definition) is 2. The van der Waals surface area contributed by atoms with Gasteiger partial charge in [0.2, 0.25) is 0 Å². The van der Waals surface area contributed by atoms with Gasteiger partial charge in [0.25, 0.3) is 6.02 Å². The normalized spacial score (nSPS) is 11.1. The van der Waals surface area contributed by atoms with Crippen molar-refractivity contribution in [2.45, 2.75) is 26.3 Å². The van der Waals surface area contributed by atoms with Crippen molar-refractivity contribution in [2.75, 3.05) is 6.54 Å². The van der Waals surface area contributed by atoms with E-state index >= 15 is 0 Å². The number of rotatable bonds is 5. The highest BCUT2D eigenvalue weighted by Crippen LogP contribution is 1.97. The van der Waals surface area contributed by atoms with E-state index in [1.807, 2.05) is 30.3 Å². The van der Waals surface area contributed by atoms with Gasteiger partial charge >= 0.3 is 6.09 Å². The number of carbonyl (C=O) groups excluding carboxylic acids is 1. The molecule has 0 saturated carbocycles. The van der Waals surface area contributed by atoms with Crippen molar-refractivity contribution in [1.82, 2.24) is 5.32 Å². The Balaban J connectivity index is 2.27. The second-order valence-electron chi connectivity index (χ2n) is 3.80. The lowest BCUT2D eigenvalue weighted by Crippen LogP contribution is -2.30. The fourth-order valence-electron chi connectivity index (χ4n) is 1.28. The van der Waals surface area contributed by atoms with Crippen LogP contribution in [0.3, 0.4) is 0 Å². The van der Waals surface area contributed by atoms with Crippen LogP contribution in [0, 0.1) is 0 Å². The molecule has 0 aliphatic heterocycles. The van der Waals surface area contributed by atoms with Crippen LogP contribution in [-0.2, 0) is 11.3 Å². The molecule has 5 nitrogen and oxygen atoms in total. The Labute approximate surface area is 107 Å². The zero-order valence-corrected chi connectivity index (χ0v) is 10.6. The number of carbonyl (C=O) groups is 1. The number of unbranched alkanes of at least 4 members (excludes halogenated alkanes) is 1. The maximum atomic E-state index is 11.4. The van der Waals surface area contributed by atoms with E-state index in [2.05, 4.69) is 17.2 Å². The van der Waals surface area contributed by atoms with Crippen LogP contribution in [0.1, 0.15) is 25.3 Å². The van der Waals surface area contributed by atoms with Gasteiger partial charge in [0, 0.05) is 13.1 Å². The molecule has 0 atom stereocenters. The first-order chi connectivity index (χ1) is 8.72. The first-order valence-electron chi connectivity index (χ1n) is 6.02. The summed E-state index contributed by atoms with van der Waals surface area (Å²) >= 11 is 0. The van der Waals surface area contributed by atoms with Crippen molar-refractivity contribution in [3.8, 4) is 0 Å². The largest absolute Gasteiger partial charge is 0.415 e. The quantitative estimate of drug-likeness (QED) is 0.476. The van der Waals surface area contributed by atoms with Crippen LogP contribution in [-0.4, -0.2) is 18.7 Å². The standard InChI is InChI=1S/C13H19N3O2/c1-2-3-9-15-12(14)18-13(17)16-10-11-7-5-4-6-8-11/h4-8H,2-3,9-10H2,1H3,(H2,14,15)(H,16,17). The first kappa shape index (κ1) is 14.0. The summed E-state index contributed by atoms with van der Waals surface area (Å²) < 4.78 is 4.80. The number of hydrogen-bond acceptors (Lipinski definition) is 3. The average Bonchev–Trinajstić information content (AvgIpc) is 2.38. The first-order valence-corrected chi connectivity index (χ1v) is 6.02. The van der Waals surface area contributed by atoms with E-state index in [4.69, 9.17) is 10.5 Å². The van der Waals surface area contributed by atoms with Gasteiger partial charge in [0.1, 0.15) is 0 Å². The smallest absolute Gasteiger partial charge is 0.376 e. The van der Waals surface area contributed by atoms with E-state index < -0.39 is 6.09 Å². The van der Waals surface area contributed by atoms with E-state index in [-0.39, 0.29) is 6.02 Å². The number of amides is 1. The second-order valence-corrected chi connectivity index (χ2v) is 3.80. The molecule has 0 bridgehead atoms. The molecule has 0 unspecified atom stereocenters. The third kappa shape index (κ3) is 5.89. The summed E-state index contributed by atoms with van der Waals surface area (Å²) in [5.74, 6) is 0. The highest BCUT2D eigenvalue weighted by atomic mass is 16.6. The fourth-order valence-corrected chi connectivity index (χ4v) is 1.28. The molecule has 5 heteroatoms. The SMILES string of the molecule is CCCCN=C(N)OC(=O)NCc1ccccc1. The van der Waals surface area contributed by atoms with Crippen molar-refractivity contribution >= 4 is 12.1 Å². The van der Waals surface area contributed by atoms with Gasteiger partial charge in [-0.05, 0) is 12.0 Å². The van der Waals surface area contributed by atoms with Crippen LogP contribution in [0.2, 0.25) is 0 Å². The van der Waals surface area contributed by atoms with Crippen molar-refractivity contribution in [1.29, 1.82) is 0 Å². The third-order valence-corrected chi connectivity index (χ3v) is 2.26. The Morgan fingerprint density at radius 3 is 2.78 bits per heavy atom. The highest BCUT2D eigenvalue weighted by molar-refractivity contribution is 5.85. The predicted octanol–water partition coefficient (Wildman–Crippen LogP) is 2.03. The van der Waals surface area contributed by atoms with Gasteiger partial charge in [0.05, 0.1) is 0 Å². The molecule has 3 N–H and O–H groups in total. The van der Waals surface area contributed by atoms with Crippen LogP contribution < -0.4 is 11.1 Å². The monoisotopic (exact) mass is 249 g/mol. The van der Waals surface area contributed by atoms with Crippen molar-refractivity contribution in [3.63, 3.8) is 0 Å². The van der Waals surface area contributed by atoms with Gasteiger partial charge in [-0.1, -0.05) is 43.7 Å². The average molecular weight is 249 g/mol. The Kier molecular flexibility index (Phi) is 6.32. The molecule has 0 spiro atoms. The highest BCUT2D eigenvalue weighted by Gasteiger charge is 2.04. The van der Waals surface area contributed by atoms with Crippen molar-refractivity contribution in [2.24, 2.45) is 10.7 Å². The minimum atomic E-state index is -0.586. The molecule has 18 heavy (non-hydrogen) atoms. The van der Waals surface area contributed by atoms with Gasteiger partial charge in [-0.3, -0.25) is 0 Å². The van der Waals surface area contributed by atoms with Gasteiger partial charge in [-0.25, -0.2) is 9.79 Å². The summed E-state index contributed by atoms with van der Waals surface area (Å²) in [6.45, 7) is 3.04. The zero-order valence-electron chi connectivity index (χ0n) is 10.6. The summed E-state index contributed by atoms with van der Waals surface area (Å²) in [5, 5.41) is 2.60. The summed E-state index contributed by atoms with van der Waals surface area (Å²) in [4.78, 5) is 15.3. The van der Waals surface area contributed by atoms with Crippen molar-refractivity contribution < 1.29 is 9.53 Å². The number of aliphatic imine (C=N–C) groups is 1. The molecular formula is C13H19N3O2. The van der Waals surface area contributed by atoms with Gasteiger partial charge in [0.15, 0.2) is 0 Å². The van der Waals surface area contributed by atoms with Crippen LogP contribution >= 0.6 is 0 Å². The molecule has 0 saturated heterocycles. The summed E-state index contributed by atoms with van der Waals surface area (Å²) in [5.41, 5.74) is 6.45. The Hall–Kier alpha value is -2.04.